The maximum absolute atomic E-state index is 2.50. The van der Waals surface area contributed by atoms with Crippen LogP contribution in [-0.2, 0) is 10.8 Å². The average Bonchev–Trinajstić information content (AvgIpc) is 1.55. The highest BCUT2D eigenvalue weighted by molar-refractivity contribution is 6.20. The van der Waals surface area contributed by atoms with Crippen molar-refractivity contribution < 1.29 is 0 Å². The zero-order chi connectivity index (χ0) is 67.7. The topological polar surface area (TPSA) is 19.7 Å². The number of hydrogen-bond donors (Lipinski definition) is 0. The van der Waals surface area contributed by atoms with Crippen LogP contribution in [0.5, 0.6) is 0 Å². The van der Waals surface area contributed by atoms with E-state index in [0.29, 0.717) is 0 Å². The summed E-state index contributed by atoms with van der Waals surface area (Å²) in [5.41, 5.74) is 30.3. The van der Waals surface area contributed by atoms with Gasteiger partial charge in [-0.25, -0.2) is 0 Å². The van der Waals surface area contributed by atoms with E-state index in [9.17, 15) is 0 Å². The van der Waals surface area contributed by atoms with Crippen molar-refractivity contribution in [2.24, 2.45) is 0 Å². The second-order valence-corrected chi connectivity index (χ2v) is 29.1. The van der Waals surface area contributed by atoms with E-state index < -0.39 is 0 Å². The zero-order valence-corrected chi connectivity index (χ0v) is 57.1. The molecular formula is C98H68N4. The maximum atomic E-state index is 2.50. The van der Waals surface area contributed by atoms with Gasteiger partial charge in [-0.3, -0.25) is 0 Å². The number of para-hydroxylation sites is 4. The van der Waals surface area contributed by atoms with Gasteiger partial charge in [-0.2, -0.15) is 0 Å². The summed E-state index contributed by atoms with van der Waals surface area (Å²) >= 11 is 0. The minimum absolute atomic E-state index is 0.0798. The molecule has 4 nitrogen and oxygen atoms in total. The van der Waals surface area contributed by atoms with Crippen molar-refractivity contribution in [1.29, 1.82) is 0 Å². The molecule has 22 rings (SSSR count). The van der Waals surface area contributed by atoms with Crippen LogP contribution >= 0.6 is 0 Å². The first-order chi connectivity index (χ1) is 50.1. The summed E-state index contributed by atoms with van der Waals surface area (Å²) in [6.45, 7) is 9.50. The molecule has 4 heteroatoms. The Bertz CT molecular complexity index is 6830. The van der Waals surface area contributed by atoms with Gasteiger partial charge in [0.2, 0.25) is 0 Å². The highest BCUT2D eigenvalue weighted by Crippen LogP contribution is 2.55. The fourth-order valence-corrected chi connectivity index (χ4v) is 18.2. The third-order valence-corrected chi connectivity index (χ3v) is 23.0. The van der Waals surface area contributed by atoms with Crippen molar-refractivity contribution >= 4 is 109 Å². The smallest absolute Gasteiger partial charge is 0.0547 e. The Morgan fingerprint density at radius 3 is 1.13 bits per heavy atom. The van der Waals surface area contributed by atoms with Crippen LogP contribution in [0.15, 0.2) is 340 Å². The lowest BCUT2D eigenvalue weighted by Gasteiger charge is -2.21. The Balaban J connectivity index is 0.000000133. The lowest BCUT2D eigenvalue weighted by Crippen LogP contribution is -2.14. The zero-order valence-electron chi connectivity index (χ0n) is 57.1. The summed E-state index contributed by atoms with van der Waals surface area (Å²) in [6.07, 6.45) is 0. The van der Waals surface area contributed by atoms with Gasteiger partial charge in [0.15, 0.2) is 0 Å². The molecular weight excluding hydrogens is 1230 g/mol. The molecule has 0 aliphatic heterocycles. The highest BCUT2D eigenvalue weighted by Gasteiger charge is 2.39. The summed E-state index contributed by atoms with van der Waals surface area (Å²) < 4.78 is 9.77. The second kappa shape index (κ2) is 21.9. The molecule has 480 valence electrons. The first-order valence-electron chi connectivity index (χ1n) is 35.7. The van der Waals surface area contributed by atoms with Gasteiger partial charge in [0.25, 0.3) is 0 Å². The van der Waals surface area contributed by atoms with E-state index in [0.717, 1.165) is 0 Å². The van der Waals surface area contributed by atoms with Gasteiger partial charge in [-0.05, 0) is 193 Å². The van der Waals surface area contributed by atoms with Crippen LogP contribution in [0.3, 0.4) is 0 Å². The van der Waals surface area contributed by atoms with E-state index in [2.05, 4.69) is 386 Å². The SMILES string of the molecule is CC1(C)c2ccccc2-c2c1ccc1c2c2cc(-c3ccc4c(c3)c3ccccc3n4-c3ccccc3)ccc2n1-c1cccc2ccccc12.CC1(C)c2ccccc2-c2cc3c(cc21)c1cc(-c2ccc4c(c2)c2ccccc2n4-c2ccccc2)ccc1n3-c1cccc2ccccc12. The van der Waals surface area contributed by atoms with E-state index in [1.54, 1.807) is 0 Å². The monoisotopic (exact) mass is 1300 g/mol. The lowest BCUT2D eigenvalue weighted by atomic mass is 9.82. The normalized spacial score (nSPS) is 13.5. The molecule has 0 fully saturated rings. The molecule has 2 aliphatic carbocycles. The van der Waals surface area contributed by atoms with Gasteiger partial charge in [0.1, 0.15) is 0 Å². The van der Waals surface area contributed by atoms with Crippen molar-refractivity contribution in [1.82, 2.24) is 18.3 Å². The predicted octanol–water partition coefficient (Wildman–Crippen LogP) is 26.0. The molecule has 0 amide bonds. The summed E-state index contributed by atoms with van der Waals surface area (Å²) in [5, 5.41) is 15.3. The number of rotatable bonds is 6. The quantitative estimate of drug-likeness (QED) is 0.158. The fraction of sp³-hybridized carbons (Fsp3) is 0.0612. The van der Waals surface area contributed by atoms with E-state index in [4.69, 9.17) is 0 Å². The highest BCUT2D eigenvalue weighted by atomic mass is 15.0. The van der Waals surface area contributed by atoms with Crippen molar-refractivity contribution in [3.05, 3.63) is 362 Å². The molecule has 102 heavy (non-hydrogen) atoms. The molecule has 16 aromatic carbocycles. The van der Waals surface area contributed by atoms with Crippen LogP contribution in [0.25, 0.3) is 176 Å². The molecule has 0 N–H and O–H groups in total. The predicted molar refractivity (Wildman–Crippen MR) is 431 cm³/mol. The molecule has 0 unspecified atom stereocenters. The van der Waals surface area contributed by atoms with Crippen LogP contribution < -0.4 is 0 Å². The van der Waals surface area contributed by atoms with E-state index in [1.807, 2.05) is 0 Å². The third-order valence-electron chi connectivity index (χ3n) is 23.0. The van der Waals surface area contributed by atoms with Gasteiger partial charge >= 0.3 is 0 Å². The van der Waals surface area contributed by atoms with Gasteiger partial charge in [0.05, 0.1) is 55.5 Å². The van der Waals surface area contributed by atoms with E-state index in [-0.39, 0.29) is 10.8 Å². The van der Waals surface area contributed by atoms with Crippen molar-refractivity contribution in [2.45, 2.75) is 38.5 Å². The van der Waals surface area contributed by atoms with Gasteiger partial charge < -0.3 is 18.3 Å². The Labute approximate surface area is 591 Å². The minimum atomic E-state index is -0.0798. The van der Waals surface area contributed by atoms with Crippen LogP contribution in [0.4, 0.5) is 0 Å². The maximum Gasteiger partial charge on any atom is 0.0547 e. The summed E-state index contributed by atoms with van der Waals surface area (Å²) in [5.74, 6) is 0. The van der Waals surface area contributed by atoms with Crippen LogP contribution in [0.2, 0.25) is 0 Å². The van der Waals surface area contributed by atoms with E-state index in [1.165, 1.54) is 198 Å². The van der Waals surface area contributed by atoms with Gasteiger partial charge in [-0.1, -0.05) is 252 Å². The largest absolute Gasteiger partial charge is 0.309 e. The van der Waals surface area contributed by atoms with Crippen LogP contribution in [0.1, 0.15) is 49.9 Å². The Kier molecular flexibility index (Phi) is 12.5. The van der Waals surface area contributed by atoms with Gasteiger partial charge in [-0.15, -0.1) is 0 Å². The van der Waals surface area contributed by atoms with Crippen LogP contribution in [0, 0.1) is 0 Å². The summed E-state index contributed by atoms with van der Waals surface area (Å²) in [7, 11) is 0. The molecule has 4 aromatic heterocycles. The molecule has 0 atom stereocenters. The molecule has 0 bridgehead atoms. The molecule has 0 radical (unpaired) electrons. The standard InChI is InChI=1S/2C49H34N2/c1-49(2)40-20-10-8-19-37(40)47-41(49)25-28-46-48(47)39-30-33(24-27-45(39)51(46)42-22-12-14-31-13-6-7-17-35(31)42)32-23-26-44-38(29-32)36-18-9-11-21-43(36)50(44)34-15-4-3-5-16-34;1-49(2)42-20-10-8-18-36(42)38-30-48-41(29-43(38)49)40-28-33(24-26-47(40)51(48)44-22-12-14-31-13-6-7-17-35(31)44)32-23-25-46-39(27-32)37-19-9-11-21-45(37)50(46)34-15-4-3-5-16-34/h2*3-30H,1-2H3. The first kappa shape index (κ1) is 58.2. The fourth-order valence-electron chi connectivity index (χ4n) is 18.2. The van der Waals surface area contributed by atoms with Crippen molar-refractivity contribution in [2.75, 3.05) is 0 Å². The first-order valence-corrected chi connectivity index (χ1v) is 35.7. The Morgan fingerprint density at radius 1 is 0.206 bits per heavy atom. The number of aromatic nitrogens is 4. The molecule has 0 spiro atoms. The second-order valence-electron chi connectivity index (χ2n) is 29.1. The number of hydrogen-bond acceptors (Lipinski definition) is 0. The number of benzene rings is 16. The van der Waals surface area contributed by atoms with Crippen LogP contribution in [-0.4, -0.2) is 18.3 Å². The Hall–Kier alpha value is -12.8. The van der Waals surface area contributed by atoms with Crippen molar-refractivity contribution in [3.63, 3.8) is 0 Å². The van der Waals surface area contributed by atoms with Crippen molar-refractivity contribution in [3.8, 4) is 67.3 Å². The molecule has 20 aromatic rings. The minimum Gasteiger partial charge on any atom is -0.309 e. The summed E-state index contributed by atoms with van der Waals surface area (Å²) in [4.78, 5) is 0. The van der Waals surface area contributed by atoms with E-state index >= 15 is 0 Å². The Morgan fingerprint density at radius 2 is 0.578 bits per heavy atom. The molecule has 4 heterocycles. The number of fused-ring (bicyclic) bond motifs is 21. The average molecular weight is 1300 g/mol. The third kappa shape index (κ3) is 8.38. The van der Waals surface area contributed by atoms with Gasteiger partial charge in [0, 0.05) is 76.1 Å². The molecule has 0 saturated carbocycles. The summed E-state index contributed by atoms with van der Waals surface area (Å²) in [6, 6.07) is 126. The number of nitrogens with zero attached hydrogens (tertiary/aromatic N) is 4. The lowest BCUT2D eigenvalue weighted by molar-refractivity contribution is 0.661. The molecule has 2 aliphatic rings. The molecule has 0 saturated heterocycles.